The topological polar surface area (TPSA) is 40.6 Å². The normalized spacial score (nSPS) is 22.4. The average molecular weight is 374 g/mol. The molecule has 0 radical (unpaired) electrons. The van der Waals surface area contributed by atoms with E-state index >= 15 is 0 Å². The Kier molecular flexibility index (Phi) is 4.82. The summed E-state index contributed by atoms with van der Waals surface area (Å²) in [6.07, 6.45) is 2.41. The predicted octanol–water partition coefficient (Wildman–Crippen LogP) is 3.18. The van der Waals surface area contributed by atoms with Crippen LogP contribution in [0.25, 0.3) is 0 Å². The molecule has 0 spiro atoms. The van der Waals surface area contributed by atoms with Crippen LogP contribution in [0.15, 0.2) is 54.6 Å². The zero-order chi connectivity index (χ0) is 18.1. The first-order valence-electron chi connectivity index (χ1n) is 9.06. The van der Waals surface area contributed by atoms with Crippen molar-refractivity contribution in [2.75, 3.05) is 19.6 Å². The number of halogens is 1. The second-order valence-corrected chi connectivity index (χ2v) is 9.07. The first-order valence-corrected chi connectivity index (χ1v) is 10.7. The molecule has 2 aromatic carbocycles. The number of hydrogen-bond donors (Lipinski definition) is 0. The van der Waals surface area contributed by atoms with E-state index in [0.717, 1.165) is 18.7 Å². The Morgan fingerprint density at radius 2 is 1.77 bits per heavy atom. The summed E-state index contributed by atoms with van der Waals surface area (Å²) in [4.78, 5) is 2.41. The SMILES string of the molecule is O=S(=O)(Cc1cccc(F)c1)N1CCN(C2CC2)CC1c1ccccc1. The summed E-state index contributed by atoms with van der Waals surface area (Å²) >= 11 is 0. The molecule has 6 heteroatoms. The Balaban J connectivity index is 1.61. The Hall–Kier alpha value is -1.76. The third-order valence-corrected chi connectivity index (χ3v) is 7.06. The molecule has 4 nitrogen and oxygen atoms in total. The van der Waals surface area contributed by atoms with E-state index in [2.05, 4.69) is 4.90 Å². The highest BCUT2D eigenvalue weighted by Crippen LogP contribution is 2.35. The molecule has 0 aromatic heterocycles. The lowest BCUT2D eigenvalue weighted by atomic mass is 10.0. The van der Waals surface area contributed by atoms with Gasteiger partial charge in [0.2, 0.25) is 10.0 Å². The average Bonchev–Trinajstić information content (AvgIpc) is 3.47. The van der Waals surface area contributed by atoms with E-state index in [0.29, 0.717) is 18.2 Å². The molecule has 0 bridgehead atoms. The summed E-state index contributed by atoms with van der Waals surface area (Å²) in [6.45, 7) is 1.96. The molecule has 2 aliphatic rings. The van der Waals surface area contributed by atoms with Crippen LogP contribution in [0.1, 0.15) is 30.0 Å². The van der Waals surface area contributed by atoms with E-state index < -0.39 is 15.8 Å². The number of hydrogen-bond acceptors (Lipinski definition) is 3. The molecule has 1 aliphatic heterocycles. The van der Waals surface area contributed by atoms with Gasteiger partial charge in [-0.3, -0.25) is 4.90 Å². The smallest absolute Gasteiger partial charge is 0.218 e. The highest BCUT2D eigenvalue weighted by atomic mass is 32.2. The van der Waals surface area contributed by atoms with Crippen LogP contribution < -0.4 is 0 Å². The van der Waals surface area contributed by atoms with Crippen molar-refractivity contribution < 1.29 is 12.8 Å². The van der Waals surface area contributed by atoms with Crippen LogP contribution >= 0.6 is 0 Å². The second-order valence-electron chi connectivity index (χ2n) is 7.15. The van der Waals surface area contributed by atoms with E-state index in [1.807, 2.05) is 30.3 Å². The van der Waals surface area contributed by atoms with E-state index in [9.17, 15) is 12.8 Å². The quantitative estimate of drug-likeness (QED) is 0.807. The van der Waals surface area contributed by atoms with Gasteiger partial charge in [-0.25, -0.2) is 12.8 Å². The summed E-state index contributed by atoms with van der Waals surface area (Å²) < 4.78 is 41.3. The van der Waals surface area contributed by atoms with Gasteiger partial charge in [0.25, 0.3) is 0 Å². The highest BCUT2D eigenvalue weighted by molar-refractivity contribution is 7.88. The summed E-state index contributed by atoms with van der Waals surface area (Å²) in [5, 5.41) is 0. The van der Waals surface area contributed by atoms with E-state index in [-0.39, 0.29) is 11.8 Å². The van der Waals surface area contributed by atoms with Gasteiger partial charge in [-0.1, -0.05) is 42.5 Å². The monoisotopic (exact) mass is 374 g/mol. The van der Waals surface area contributed by atoms with Gasteiger partial charge in [0.05, 0.1) is 11.8 Å². The Labute approximate surface area is 154 Å². The molecular weight excluding hydrogens is 351 g/mol. The number of benzene rings is 2. The summed E-state index contributed by atoms with van der Waals surface area (Å²) in [7, 11) is -3.54. The van der Waals surface area contributed by atoms with Gasteiger partial charge < -0.3 is 0 Å². The number of sulfonamides is 1. The van der Waals surface area contributed by atoms with Crippen LogP contribution in [0.4, 0.5) is 4.39 Å². The number of piperazine rings is 1. The third kappa shape index (κ3) is 3.82. The van der Waals surface area contributed by atoms with Crippen molar-refractivity contribution in [1.29, 1.82) is 0 Å². The Bertz CT molecular complexity index is 868. The molecule has 1 saturated carbocycles. The summed E-state index contributed by atoms with van der Waals surface area (Å²) in [6, 6.07) is 16.1. The fourth-order valence-corrected chi connectivity index (χ4v) is 5.46. The predicted molar refractivity (Wildman–Crippen MR) is 99.5 cm³/mol. The molecular formula is C20H23FN2O2S. The molecule has 1 unspecified atom stereocenters. The zero-order valence-corrected chi connectivity index (χ0v) is 15.4. The lowest BCUT2D eigenvalue weighted by Gasteiger charge is -2.41. The minimum atomic E-state index is -3.54. The third-order valence-electron chi connectivity index (χ3n) is 5.21. The van der Waals surface area contributed by atoms with E-state index in [1.165, 1.54) is 25.0 Å². The zero-order valence-electron chi connectivity index (χ0n) is 14.6. The molecule has 26 heavy (non-hydrogen) atoms. The molecule has 1 atom stereocenters. The fourth-order valence-electron chi connectivity index (χ4n) is 3.76. The van der Waals surface area contributed by atoms with Gasteiger partial charge in [-0.2, -0.15) is 4.31 Å². The van der Waals surface area contributed by atoms with Crippen LogP contribution in [0.5, 0.6) is 0 Å². The van der Waals surface area contributed by atoms with Crippen molar-refractivity contribution in [2.45, 2.75) is 30.7 Å². The Morgan fingerprint density at radius 1 is 1.00 bits per heavy atom. The van der Waals surface area contributed by atoms with Crippen molar-refractivity contribution in [1.82, 2.24) is 9.21 Å². The molecule has 2 fully saturated rings. The van der Waals surface area contributed by atoms with Gasteiger partial charge in [-0.15, -0.1) is 0 Å². The summed E-state index contributed by atoms with van der Waals surface area (Å²) in [5.74, 6) is -0.576. The minimum absolute atomic E-state index is 0.169. The minimum Gasteiger partial charge on any atom is -0.297 e. The van der Waals surface area contributed by atoms with Crippen molar-refractivity contribution in [3.63, 3.8) is 0 Å². The fraction of sp³-hybridized carbons (Fsp3) is 0.400. The molecule has 4 rings (SSSR count). The standard InChI is InChI=1S/C20H23FN2O2S/c21-18-8-4-5-16(13-18)15-26(24,25)23-12-11-22(19-9-10-19)14-20(23)17-6-2-1-3-7-17/h1-8,13,19-20H,9-12,14-15H2. The molecule has 1 saturated heterocycles. The summed E-state index contributed by atoms with van der Waals surface area (Å²) in [5.41, 5.74) is 1.50. The molecule has 1 aliphatic carbocycles. The van der Waals surface area contributed by atoms with Gasteiger partial charge in [0, 0.05) is 25.7 Å². The molecule has 0 amide bonds. The molecule has 2 aromatic rings. The van der Waals surface area contributed by atoms with Gasteiger partial charge in [0.1, 0.15) is 5.82 Å². The van der Waals surface area contributed by atoms with Crippen LogP contribution in [0.2, 0.25) is 0 Å². The molecule has 0 N–H and O–H groups in total. The maximum Gasteiger partial charge on any atom is 0.218 e. The van der Waals surface area contributed by atoms with Gasteiger partial charge >= 0.3 is 0 Å². The maximum absolute atomic E-state index is 13.5. The van der Waals surface area contributed by atoms with Gasteiger partial charge in [-0.05, 0) is 36.1 Å². The lowest BCUT2D eigenvalue weighted by Crippen LogP contribution is -2.51. The van der Waals surface area contributed by atoms with Crippen LogP contribution in [0, 0.1) is 5.82 Å². The van der Waals surface area contributed by atoms with Crippen LogP contribution in [-0.4, -0.2) is 43.3 Å². The Morgan fingerprint density at radius 3 is 2.46 bits per heavy atom. The highest BCUT2D eigenvalue weighted by Gasteiger charge is 2.40. The number of nitrogens with zero attached hydrogens (tertiary/aromatic N) is 2. The van der Waals surface area contributed by atoms with Gasteiger partial charge in [0.15, 0.2) is 0 Å². The molecule has 1 heterocycles. The largest absolute Gasteiger partial charge is 0.297 e. The first kappa shape index (κ1) is 17.6. The van der Waals surface area contributed by atoms with Crippen molar-refractivity contribution in [3.8, 4) is 0 Å². The van der Waals surface area contributed by atoms with Crippen LogP contribution in [-0.2, 0) is 15.8 Å². The van der Waals surface area contributed by atoms with Crippen LogP contribution in [0.3, 0.4) is 0 Å². The second kappa shape index (κ2) is 7.10. The lowest BCUT2D eigenvalue weighted by molar-refractivity contribution is 0.128. The van der Waals surface area contributed by atoms with Crippen molar-refractivity contribution in [2.24, 2.45) is 0 Å². The van der Waals surface area contributed by atoms with Crippen molar-refractivity contribution in [3.05, 3.63) is 71.5 Å². The first-order chi connectivity index (χ1) is 12.5. The molecule has 138 valence electrons. The van der Waals surface area contributed by atoms with E-state index in [4.69, 9.17) is 0 Å². The number of rotatable bonds is 5. The van der Waals surface area contributed by atoms with Crippen molar-refractivity contribution >= 4 is 10.0 Å². The van der Waals surface area contributed by atoms with E-state index in [1.54, 1.807) is 16.4 Å². The maximum atomic E-state index is 13.5.